The van der Waals surface area contributed by atoms with Crippen LogP contribution in [0.25, 0.3) is 11.2 Å². The monoisotopic (exact) mass is 352 g/mol. The molecule has 0 spiro atoms. The van der Waals surface area contributed by atoms with Gasteiger partial charge in [0.05, 0.1) is 12.1 Å². The maximum Gasteiger partial charge on any atom is 0.177 e. The highest BCUT2D eigenvalue weighted by molar-refractivity contribution is 9.10. The lowest BCUT2D eigenvalue weighted by atomic mass is 10.2. The van der Waals surface area contributed by atoms with Gasteiger partial charge in [-0.3, -0.25) is 4.90 Å². The van der Waals surface area contributed by atoms with E-state index in [-0.39, 0.29) is 6.61 Å². The minimum Gasteiger partial charge on any atom is -0.395 e. The van der Waals surface area contributed by atoms with Crippen LogP contribution in [0.4, 0.5) is 0 Å². The second kappa shape index (κ2) is 6.42. The van der Waals surface area contributed by atoms with Crippen LogP contribution in [0.5, 0.6) is 0 Å². The van der Waals surface area contributed by atoms with Crippen LogP contribution < -0.4 is 0 Å². The third-order valence-corrected chi connectivity index (χ3v) is 4.73. The molecule has 0 aromatic carbocycles. The molecule has 0 radical (unpaired) electrons. The van der Waals surface area contributed by atoms with E-state index >= 15 is 0 Å². The summed E-state index contributed by atoms with van der Waals surface area (Å²) in [7, 11) is 0. The fraction of sp³-hybridized carbons (Fsp3) is 0.600. The van der Waals surface area contributed by atoms with Gasteiger partial charge in [0.25, 0.3) is 0 Å². The van der Waals surface area contributed by atoms with Crippen LogP contribution in [0.2, 0.25) is 0 Å². The molecule has 5 nitrogen and oxygen atoms in total. The molecule has 0 aliphatic carbocycles. The van der Waals surface area contributed by atoms with E-state index < -0.39 is 0 Å². The molecule has 1 aliphatic rings. The molecule has 2 aromatic rings. The van der Waals surface area contributed by atoms with E-state index in [0.717, 1.165) is 53.9 Å². The standard InChI is InChI=1S/C15H21BrN4O/c1-11-18-15-14(8-12(16)9-17-15)20(11)7-3-6-19-5-2-4-13(19)10-21/h8-9,13,21H,2-7,10H2,1H3/t13-/m1/s1. The van der Waals surface area contributed by atoms with Gasteiger partial charge in [-0.15, -0.1) is 0 Å². The molecule has 3 heterocycles. The van der Waals surface area contributed by atoms with Gasteiger partial charge in [0, 0.05) is 29.8 Å². The Morgan fingerprint density at radius 1 is 1.43 bits per heavy atom. The lowest BCUT2D eigenvalue weighted by molar-refractivity contribution is 0.156. The van der Waals surface area contributed by atoms with E-state index in [1.54, 1.807) is 6.20 Å². The zero-order chi connectivity index (χ0) is 14.8. The molecule has 1 fully saturated rings. The Labute approximate surface area is 133 Å². The fourth-order valence-electron chi connectivity index (χ4n) is 3.20. The summed E-state index contributed by atoms with van der Waals surface area (Å²) < 4.78 is 3.22. The Morgan fingerprint density at radius 2 is 2.29 bits per heavy atom. The second-order valence-corrected chi connectivity index (χ2v) is 6.59. The fourth-order valence-corrected chi connectivity index (χ4v) is 3.52. The van der Waals surface area contributed by atoms with E-state index in [1.165, 1.54) is 6.42 Å². The number of likely N-dealkylation sites (tertiary alicyclic amines) is 1. The Hall–Kier alpha value is -0.980. The summed E-state index contributed by atoms with van der Waals surface area (Å²) in [6.45, 7) is 5.40. The normalized spacial score (nSPS) is 19.7. The maximum absolute atomic E-state index is 9.37. The number of aliphatic hydroxyl groups excluding tert-OH is 1. The quantitative estimate of drug-likeness (QED) is 0.897. The molecule has 0 bridgehead atoms. The molecular weight excluding hydrogens is 332 g/mol. The van der Waals surface area contributed by atoms with Crippen molar-refractivity contribution in [1.29, 1.82) is 0 Å². The summed E-state index contributed by atoms with van der Waals surface area (Å²) in [4.78, 5) is 11.3. The lowest BCUT2D eigenvalue weighted by Crippen LogP contribution is -2.33. The van der Waals surface area contributed by atoms with Crippen molar-refractivity contribution in [3.05, 3.63) is 22.6 Å². The van der Waals surface area contributed by atoms with Gasteiger partial charge in [-0.25, -0.2) is 9.97 Å². The van der Waals surface area contributed by atoms with Crippen molar-refractivity contribution >= 4 is 27.1 Å². The molecule has 21 heavy (non-hydrogen) atoms. The summed E-state index contributed by atoms with van der Waals surface area (Å²) >= 11 is 3.48. The van der Waals surface area contributed by atoms with Crippen LogP contribution in [0.15, 0.2) is 16.7 Å². The number of hydrogen-bond donors (Lipinski definition) is 1. The van der Waals surface area contributed by atoms with E-state index in [9.17, 15) is 5.11 Å². The minimum absolute atomic E-state index is 0.282. The van der Waals surface area contributed by atoms with E-state index in [4.69, 9.17) is 0 Å². The first kappa shape index (κ1) is 14.9. The zero-order valence-electron chi connectivity index (χ0n) is 12.3. The number of hydrogen-bond acceptors (Lipinski definition) is 4. The van der Waals surface area contributed by atoms with Gasteiger partial charge < -0.3 is 9.67 Å². The Kier molecular flexibility index (Phi) is 4.57. The highest BCUT2D eigenvalue weighted by atomic mass is 79.9. The van der Waals surface area contributed by atoms with Gasteiger partial charge in [0.15, 0.2) is 5.65 Å². The van der Waals surface area contributed by atoms with Crippen molar-refractivity contribution in [3.63, 3.8) is 0 Å². The SMILES string of the molecule is Cc1nc2ncc(Br)cc2n1CCCN1CCC[C@@H]1CO. The molecule has 0 unspecified atom stereocenters. The van der Waals surface area contributed by atoms with E-state index in [1.807, 2.05) is 6.92 Å². The zero-order valence-corrected chi connectivity index (χ0v) is 13.9. The van der Waals surface area contributed by atoms with Crippen molar-refractivity contribution in [1.82, 2.24) is 19.4 Å². The van der Waals surface area contributed by atoms with Gasteiger partial charge in [0.1, 0.15) is 5.82 Å². The number of rotatable bonds is 5. The van der Waals surface area contributed by atoms with Crippen LogP contribution in [0.3, 0.4) is 0 Å². The van der Waals surface area contributed by atoms with Gasteiger partial charge in [-0.2, -0.15) is 0 Å². The van der Waals surface area contributed by atoms with E-state index in [2.05, 4.69) is 41.4 Å². The van der Waals surface area contributed by atoms with Crippen molar-refractivity contribution in [2.24, 2.45) is 0 Å². The Morgan fingerprint density at radius 3 is 3.10 bits per heavy atom. The van der Waals surface area contributed by atoms with Crippen molar-refractivity contribution < 1.29 is 5.11 Å². The van der Waals surface area contributed by atoms with Crippen molar-refractivity contribution in [2.75, 3.05) is 19.7 Å². The molecule has 1 saturated heterocycles. The summed E-state index contributed by atoms with van der Waals surface area (Å²) in [6, 6.07) is 2.44. The topological polar surface area (TPSA) is 54.2 Å². The first-order valence-corrected chi connectivity index (χ1v) is 8.31. The third kappa shape index (κ3) is 3.12. The largest absolute Gasteiger partial charge is 0.395 e. The van der Waals surface area contributed by atoms with Crippen LogP contribution in [-0.4, -0.2) is 50.3 Å². The van der Waals surface area contributed by atoms with Crippen molar-refractivity contribution in [3.8, 4) is 0 Å². The van der Waals surface area contributed by atoms with Crippen LogP contribution in [-0.2, 0) is 6.54 Å². The number of imidazole rings is 1. The van der Waals surface area contributed by atoms with Gasteiger partial charge in [-0.1, -0.05) is 0 Å². The average Bonchev–Trinajstić information content (AvgIpc) is 3.04. The predicted octanol–water partition coefficient (Wildman–Crippen LogP) is 2.35. The molecule has 3 rings (SSSR count). The van der Waals surface area contributed by atoms with Crippen LogP contribution in [0.1, 0.15) is 25.1 Å². The highest BCUT2D eigenvalue weighted by Gasteiger charge is 2.22. The predicted molar refractivity (Wildman–Crippen MR) is 86.3 cm³/mol. The summed E-state index contributed by atoms with van der Waals surface area (Å²) in [5.74, 6) is 1.01. The Bertz CT molecular complexity index is 627. The third-order valence-electron chi connectivity index (χ3n) is 4.30. The highest BCUT2D eigenvalue weighted by Crippen LogP contribution is 2.20. The second-order valence-electron chi connectivity index (χ2n) is 5.68. The van der Waals surface area contributed by atoms with Gasteiger partial charge >= 0.3 is 0 Å². The molecule has 0 saturated carbocycles. The number of nitrogens with zero attached hydrogens (tertiary/aromatic N) is 4. The number of fused-ring (bicyclic) bond motifs is 1. The summed E-state index contributed by atoms with van der Waals surface area (Å²) in [5.41, 5.74) is 1.90. The first-order chi connectivity index (χ1) is 10.2. The number of aliphatic hydroxyl groups is 1. The number of aryl methyl sites for hydroxylation is 2. The average molecular weight is 353 g/mol. The molecule has 1 atom stereocenters. The van der Waals surface area contributed by atoms with Gasteiger partial charge in [0.2, 0.25) is 0 Å². The van der Waals surface area contributed by atoms with Gasteiger partial charge in [-0.05, 0) is 54.7 Å². The molecule has 1 N–H and O–H groups in total. The van der Waals surface area contributed by atoms with Crippen LogP contribution >= 0.6 is 15.9 Å². The van der Waals surface area contributed by atoms with Crippen LogP contribution in [0, 0.1) is 6.92 Å². The molecule has 2 aromatic heterocycles. The molecule has 114 valence electrons. The summed E-state index contributed by atoms with van der Waals surface area (Å²) in [5, 5.41) is 9.37. The molecular formula is C15H21BrN4O. The summed E-state index contributed by atoms with van der Waals surface area (Å²) in [6.07, 6.45) is 5.18. The number of halogens is 1. The first-order valence-electron chi connectivity index (χ1n) is 7.52. The van der Waals surface area contributed by atoms with E-state index in [0.29, 0.717) is 6.04 Å². The lowest BCUT2D eigenvalue weighted by Gasteiger charge is -2.22. The number of aromatic nitrogens is 3. The smallest absolute Gasteiger partial charge is 0.177 e. The number of pyridine rings is 1. The maximum atomic E-state index is 9.37. The molecule has 6 heteroatoms. The van der Waals surface area contributed by atoms with Crippen molar-refractivity contribution in [2.45, 2.75) is 38.8 Å². The minimum atomic E-state index is 0.282. The molecule has 0 amide bonds. The Balaban J connectivity index is 1.68. The molecule has 1 aliphatic heterocycles.